The molecular formula is C9H18N2O2. The van der Waals surface area contributed by atoms with Crippen LogP contribution in [0.25, 0.3) is 0 Å². The molecular weight excluding hydrogens is 168 g/mol. The summed E-state index contributed by atoms with van der Waals surface area (Å²) in [7, 11) is 1.39. The van der Waals surface area contributed by atoms with E-state index < -0.39 is 0 Å². The first kappa shape index (κ1) is 10.3. The summed E-state index contributed by atoms with van der Waals surface area (Å²) in [5.41, 5.74) is 0. The van der Waals surface area contributed by atoms with Crippen molar-refractivity contribution in [3.8, 4) is 0 Å². The van der Waals surface area contributed by atoms with Gasteiger partial charge in [-0.2, -0.15) is 0 Å². The Morgan fingerprint density at radius 3 is 3.08 bits per heavy atom. The molecule has 0 aromatic rings. The van der Waals surface area contributed by atoms with E-state index in [4.69, 9.17) is 0 Å². The molecule has 76 valence electrons. The molecule has 1 amide bonds. The maximum Gasteiger partial charge on any atom is 0.406 e. The second-order valence-electron chi connectivity index (χ2n) is 3.60. The van der Waals surface area contributed by atoms with Crippen LogP contribution in [0, 0.1) is 11.8 Å². The fourth-order valence-electron chi connectivity index (χ4n) is 1.65. The Balaban J connectivity index is 2.16. The van der Waals surface area contributed by atoms with Crippen molar-refractivity contribution in [1.29, 1.82) is 0 Å². The third-order valence-corrected chi connectivity index (χ3v) is 2.66. The van der Waals surface area contributed by atoms with Crippen LogP contribution >= 0.6 is 0 Å². The predicted molar refractivity (Wildman–Crippen MR) is 50.5 cm³/mol. The summed E-state index contributed by atoms with van der Waals surface area (Å²) in [5, 5.41) is 6.03. The van der Waals surface area contributed by atoms with Gasteiger partial charge in [-0.05, 0) is 31.3 Å². The minimum atomic E-state index is -0.335. The van der Waals surface area contributed by atoms with E-state index in [1.54, 1.807) is 0 Å². The number of alkyl carbamates (subject to hydrolysis) is 1. The van der Waals surface area contributed by atoms with Gasteiger partial charge in [0.1, 0.15) is 0 Å². The van der Waals surface area contributed by atoms with E-state index in [9.17, 15) is 4.79 Å². The summed E-state index contributed by atoms with van der Waals surface area (Å²) >= 11 is 0. The number of ether oxygens (including phenoxy) is 1. The standard InChI is InChI=1S/C9H18N2O2/c1-7(5-11-9(12)13-2)8-3-4-10-6-8/h7-8,10H,3-6H2,1-2H3,(H,11,12). The number of nitrogens with one attached hydrogen (secondary N) is 2. The SMILES string of the molecule is COC(=O)NCC(C)C1CCNC1. The Morgan fingerprint density at radius 1 is 1.77 bits per heavy atom. The molecule has 1 rings (SSSR count). The van der Waals surface area contributed by atoms with Crippen molar-refractivity contribution < 1.29 is 9.53 Å². The van der Waals surface area contributed by atoms with Crippen LogP contribution in [0.1, 0.15) is 13.3 Å². The lowest BCUT2D eigenvalue weighted by Gasteiger charge is -2.17. The average molecular weight is 186 g/mol. The average Bonchev–Trinajstić information content (AvgIpc) is 2.66. The minimum Gasteiger partial charge on any atom is -0.453 e. The summed E-state index contributed by atoms with van der Waals surface area (Å²) in [4.78, 5) is 10.8. The number of carbonyl (C=O) groups excluding carboxylic acids is 1. The Kier molecular flexibility index (Phi) is 4.02. The summed E-state index contributed by atoms with van der Waals surface area (Å²) in [5.74, 6) is 1.21. The number of hydrogen-bond donors (Lipinski definition) is 2. The summed E-state index contributed by atoms with van der Waals surface area (Å²) in [6, 6.07) is 0. The molecule has 0 bridgehead atoms. The number of hydrogen-bond acceptors (Lipinski definition) is 3. The van der Waals surface area contributed by atoms with Crippen LogP contribution in [0.3, 0.4) is 0 Å². The molecule has 1 saturated heterocycles. The van der Waals surface area contributed by atoms with Crippen LogP contribution in [0.5, 0.6) is 0 Å². The molecule has 0 spiro atoms. The van der Waals surface area contributed by atoms with E-state index in [1.165, 1.54) is 13.5 Å². The minimum absolute atomic E-state index is 0.335. The molecule has 1 aliphatic heterocycles. The fraction of sp³-hybridized carbons (Fsp3) is 0.889. The second kappa shape index (κ2) is 5.07. The zero-order valence-electron chi connectivity index (χ0n) is 8.30. The largest absolute Gasteiger partial charge is 0.453 e. The van der Waals surface area contributed by atoms with Gasteiger partial charge < -0.3 is 15.4 Å². The molecule has 2 N–H and O–H groups in total. The maximum absolute atomic E-state index is 10.8. The summed E-state index contributed by atoms with van der Waals surface area (Å²) < 4.78 is 4.50. The van der Waals surface area contributed by atoms with Gasteiger partial charge in [-0.3, -0.25) is 0 Å². The topological polar surface area (TPSA) is 50.4 Å². The van der Waals surface area contributed by atoms with Crippen LogP contribution in [0.2, 0.25) is 0 Å². The van der Waals surface area contributed by atoms with E-state index in [-0.39, 0.29) is 6.09 Å². The third-order valence-electron chi connectivity index (χ3n) is 2.66. The normalized spacial score (nSPS) is 24.0. The van der Waals surface area contributed by atoms with E-state index >= 15 is 0 Å². The molecule has 4 nitrogen and oxygen atoms in total. The molecule has 0 aliphatic carbocycles. The van der Waals surface area contributed by atoms with Crippen molar-refractivity contribution in [3.63, 3.8) is 0 Å². The maximum atomic E-state index is 10.8. The highest BCUT2D eigenvalue weighted by atomic mass is 16.5. The van der Waals surface area contributed by atoms with Crippen LogP contribution < -0.4 is 10.6 Å². The number of carbonyl (C=O) groups is 1. The van der Waals surface area contributed by atoms with Gasteiger partial charge in [0.2, 0.25) is 0 Å². The van der Waals surface area contributed by atoms with Gasteiger partial charge in [0.15, 0.2) is 0 Å². The number of rotatable bonds is 3. The Labute approximate surface area is 79.0 Å². The second-order valence-corrected chi connectivity index (χ2v) is 3.60. The molecule has 13 heavy (non-hydrogen) atoms. The van der Waals surface area contributed by atoms with Crippen molar-refractivity contribution in [2.45, 2.75) is 13.3 Å². The van der Waals surface area contributed by atoms with Crippen molar-refractivity contribution >= 4 is 6.09 Å². The van der Waals surface area contributed by atoms with Crippen molar-refractivity contribution in [3.05, 3.63) is 0 Å². The zero-order chi connectivity index (χ0) is 9.68. The molecule has 2 atom stereocenters. The molecule has 0 aromatic heterocycles. The van der Waals surface area contributed by atoms with Gasteiger partial charge in [-0.15, -0.1) is 0 Å². The first-order valence-corrected chi connectivity index (χ1v) is 4.76. The Morgan fingerprint density at radius 2 is 2.54 bits per heavy atom. The van der Waals surface area contributed by atoms with Crippen LogP contribution in [-0.4, -0.2) is 32.8 Å². The quantitative estimate of drug-likeness (QED) is 0.678. The molecule has 1 heterocycles. The smallest absolute Gasteiger partial charge is 0.406 e. The van der Waals surface area contributed by atoms with E-state index in [2.05, 4.69) is 22.3 Å². The molecule has 0 aromatic carbocycles. The number of methoxy groups -OCH3 is 1. The van der Waals surface area contributed by atoms with E-state index in [0.717, 1.165) is 13.1 Å². The van der Waals surface area contributed by atoms with Crippen molar-refractivity contribution in [2.75, 3.05) is 26.7 Å². The Bertz CT molecular complexity index is 167. The zero-order valence-corrected chi connectivity index (χ0v) is 8.30. The van der Waals surface area contributed by atoms with Gasteiger partial charge >= 0.3 is 6.09 Å². The first-order valence-electron chi connectivity index (χ1n) is 4.76. The van der Waals surface area contributed by atoms with Crippen LogP contribution in [0.4, 0.5) is 4.79 Å². The highest BCUT2D eigenvalue weighted by Crippen LogP contribution is 2.17. The first-order chi connectivity index (χ1) is 6.24. The Hall–Kier alpha value is -0.770. The highest BCUT2D eigenvalue weighted by molar-refractivity contribution is 5.66. The lowest BCUT2D eigenvalue weighted by atomic mass is 9.93. The lowest BCUT2D eigenvalue weighted by molar-refractivity contribution is 0.167. The molecule has 0 radical (unpaired) electrons. The lowest BCUT2D eigenvalue weighted by Crippen LogP contribution is -2.31. The molecule has 2 unspecified atom stereocenters. The molecule has 1 aliphatic rings. The fourth-order valence-corrected chi connectivity index (χ4v) is 1.65. The molecule has 0 saturated carbocycles. The summed E-state index contributed by atoms with van der Waals surface area (Å²) in [6.45, 7) is 5.05. The van der Waals surface area contributed by atoms with Gasteiger partial charge in [0.05, 0.1) is 7.11 Å². The van der Waals surface area contributed by atoms with Gasteiger partial charge in [-0.25, -0.2) is 4.79 Å². The van der Waals surface area contributed by atoms with Crippen molar-refractivity contribution in [1.82, 2.24) is 10.6 Å². The third kappa shape index (κ3) is 3.22. The van der Waals surface area contributed by atoms with E-state index in [1.807, 2.05) is 0 Å². The van der Waals surface area contributed by atoms with Gasteiger partial charge in [0, 0.05) is 6.54 Å². The van der Waals surface area contributed by atoms with Gasteiger partial charge in [0.25, 0.3) is 0 Å². The highest BCUT2D eigenvalue weighted by Gasteiger charge is 2.21. The summed E-state index contributed by atoms with van der Waals surface area (Å²) in [6.07, 6.45) is 0.877. The molecule has 1 fully saturated rings. The van der Waals surface area contributed by atoms with E-state index in [0.29, 0.717) is 18.4 Å². The van der Waals surface area contributed by atoms with Crippen LogP contribution in [0.15, 0.2) is 0 Å². The van der Waals surface area contributed by atoms with Crippen LogP contribution in [-0.2, 0) is 4.74 Å². The monoisotopic (exact) mass is 186 g/mol. The van der Waals surface area contributed by atoms with Crippen molar-refractivity contribution in [2.24, 2.45) is 11.8 Å². The predicted octanol–water partition coefficient (Wildman–Crippen LogP) is 0.588. The van der Waals surface area contributed by atoms with Gasteiger partial charge in [-0.1, -0.05) is 6.92 Å². The molecule has 4 heteroatoms. The number of amides is 1.